The van der Waals surface area contributed by atoms with Crippen molar-refractivity contribution < 1.29 is 4.79 Å². The number of thioether (sulfide) groups is 1. The largest absolute Gasteiger partial charge is 0.342 e. The lowest BCUT2D eigenvalue weighted by Gasteiger charge is -2.32. The number of likely N-dealkylation sites (tertiary alicyclic amines) is 1. The summed E-state index contributed by atoms with van der Waals surface area (Å²) in [5.74, 6) is 1.28. The van der Waals surface area contributed by atoms with Gasteiger partial charge in [-0.3, -0.25) is 18.7 Å². The second-order valence-corrected chi connectivity index (χ2v) is 9.25. The van der Waals surface area contributed by atoms with Crippen LogP contribution in [-0.2, 0) is 25.3 Å². The number of aromatic nitrogens is 4. The average Bonchev–Trinajstić information content (AvgIpc) is 2.80. The van der Waals surface area contributed by atoms with Gasteiger partial charge in [-0.1, -0.05) is 42.1 Å². The number of carbonyl (C=O) groups excluding carboxylic acids is 1. The molecule has 32 heavy (non-hydrogen) atoms. The third-order valence-electron chi connectivity index (χ3n) is 6.05. The van der Waals surface area contributed by atoms with E-state index in [1.165, 1.54) is 28.9 Å². The van der Waals surface area contributed by atoms with Crippen molar-refractivity contribution in [1.82, 2.24) is 24.0 Å². The van der Waals surface area contributed by atoms with Crippen LogP contribution in [0.5, 0.6) is 0 Å². The van der Waals surface area contributed by atoms with Crippen molar-refractivity contribution in [3.05, 3.63) is 62.6 Å². The normalized spacial score (nSPS) is 14.8. The maximum atomic E-state index is 12.9. The highest BCUT2D eigenvalue weighted by Crippen LogP contribution is 2.25. The summed E-state index contributed by atoms with van der Waals surface area (Å²) in [6, 6.07) is 10.5. The first-order chi connectivity index (χ1) is 15.3. The van der Waals surface area contributed by atoms with Crippen molar-refractivity contribution in [2.75, 3.05) is 18.8 Å². The first-order valence-electron chi connectivity index (χ1n) is 10.7. The molecule has 1 aromatic carbocycles. The summed E-state index contributed by atoms with van der Waals surface area (Å²) >= 11 is 1.24. The Bertz CT molecular complexity index is 1260. The third-order valence-corrected chi connectivity index (χ3v) is 7.01. The van der Waals surface area contributed by atoms with Gasteiger partial charge in [0.15, 0.2) is 5.65 Å². The van der Waals surface area contributed by atoms with Crippen LogP contribution in [0.2, 0.25) is 0 Å². The summed E-state index contributed by atoms with van der Waals surface area (Å²) in [7, 11) is 3.01. The fourth-order valence-electron chi connectivity index (χ4n) is 4.19. The van der Waals surface area contributed by atoms with Crippen LogP contribution in [0.3, 0.4) is 0 Å². The van der Waals surface area contributed by atoms with Crippen LogP contribution < -0.4 is 11.2 Å². The number of rotatable bonds is 5. The van der Waals surface area contributed by atoms with Crippen molar-refractivity contribution in [2.45, 2.75) is 31.2 Å². The summed E-state index contributed by atoms with van der Waals surface area (Å²) in [6.07, 6.45) is 3.03. The third kappa shape index (κ3) is 4.48. The minimum atomic E-state index is -0.445. The van der Waals surface area contributed by atoms with Gasteiger partial charge in [0.25, 0.3) is 5.56 Å². The molecule has 0 bridgehead atoms. The zero-order valence-corrected chi connectivity index (χ0v) is 19.4. The predicted octanol–water partition coefficient (Wildman–Crippen LogP) is 1.91. The molecule has 9 heteroatoms. The molecular formula is C23H27N5O3S. The highest BCUT2D eigenvalue weighted by molar-refractivity contribution is 8.00. The molecule has 3 aromatic rings. The fourth-order valence-corrected chi connectivity index (χ4v) is 5.15. The van der Waals surface area contributed by atoms with Crippen LogP contribution in [-0.4, -0.2) is 48.8 Å². The molecule has 1 aliphatic rings. The van der Waals surface area contributed by atoms with E-state index in [9.17, 15) is 14.4 Å². The summed E-state index contributed by atoms with van der Waals surface area (Å²) in [5.41, 5.74) is 0.753. The zero-order valence-electron chi connectivity index (χ0n) is 18.6. The van der Waals surface area contributed by atoms with E-state index >= 15 is 0 Å². The van der Waals surface area contributed by atoms with E-state index in [2.05, 4.69) is 34.2 Å². The Morgan fingerprint density at radius 2 is 1.75 bits per heavy atom. The van der Waals surface area contributed by atoms with Gasteiger partial charge in [0.2, 0.25) is 5.91 Å². The number of piperidine rings is 1. The average molecular weight is 454 g/mol. The number of amides is 1. The lowest BCUT2D eigenvalue weighted by atomic mass is 9.90. The molecule has 0 aliphatic carbocycles. The minimum absolute atomic E-state index is 0.0409. The van der Waals surface area contributed by atoms with Gasteiger partial charge in [-0.05, 0) is 37.7 Å². The van der Waals surface area contributed by atoms with Crippen molar-refractivity contribution in [1.29, 1.82) is 0 Å². The molecule has 1 saturated heterocycles. The Hall–Kier alpha value is -2.94. The van der Waals surface area contributed by atoms with E-state index < -0.39 is 11.2 Å². The number of carbonyl (C=O) groups is 1. The number of hydrogen-bond donors (Lipinski definition) is 0. The van der Waals surface area contributed by atoms with E-state index in [4.69, 9.17) is 0 Å². The highest BCUT2D eigenvalue weighted by atomic mass is 32.2. The number of nitrogens with zero attached hydrogens (tertiary/aromatic N) is 5. The molecule has 0 N–H and O–H groups in total. The first kappa shape index (κ1) is 22.3. The highest BCUT2D eigenvalue weighted by Gasteiger charge is 2.24. The van der Waals surface area contributed by atoms with Crippen molar-refractivity contribution in [2.24, 2.45) is 20.0 Å². The number of benzene rings is 1. The van der Waals surface area contributed by atoms with Gasteiger partial charge in [-0.15, -0.1) is 0 Å². The van der Waals surface area contributed by atoms with Crippen LogP contribution in [0, 0.1) is 12.8 Å². The van der Waals surface area contributed by atoms with E-state index in [-0.39, 0.29) is 17.0 Å². The Labute approximate surface area is 190 Å². The Kier molecular flexibility index (Phi) is 6.45. The molecule has 0 spiro atoms. The van der Waals surface area contributed by atoms with Gasteiger partial charge in [0.1, 0.15) is 16.2 Å². The molecule has 8 nitrogen and oxygen atoms in total. The van der Waals surface area contributed by atoms with Crippen molar-refractivity contribution in [3.63, 3.8) is 0 Å². The monoisotopic (exact) mass is 453 g/mol. The van der Waals surface area contributed by atoms with E-state index in [0.29, 0.717) is 22.4 Å². The SMILES string of the molecule is Cc1nc(SCC(=O)N2CCC(Cc3ccccc3)CC2)c2c(=O)n(C)c(=O)n(C)c2n1. The van der Waals surface area contributed by atoms with Gasteiger partial charge >= 0.3 is 5.69 Å². The standard InChI is InChI=1S/C23H27N5O3S/c1-15-24-20-19(22(30)27(3)23(31)26(20)2)21(25-15)32-14-18(29)28-11-9-17(10-12-28)13-16-7-5-4-6-8-16/h4-8,17H,9-14H2,1-3H3. The topological polar surface area (TPSA) is 90.1 Å². The molecule has 3 heterocycles. The van der Waals surface area contributed by atoms with Crippen LogP contribution in [0.1, 0.15) is 24.2 Å². The van der Waals surface area contributed by atoms with Crippen molar-refractivity contribution in [3.8, 4) is 0 Å². The smallest absolute Gasteiger partial charge is 0.332 e. The summed E-state index contributed by atoms with van der Waals surface area (Å²) in [5, 5.41) is 0.718. The summed E-state index contributed by atoms with van der Waals surface area (Å²) in [6.45, 7) is 3.21. The molecular weight excluding hydrogens is 426 g/mol. The van der Waals surface area contributed by atoms with Gasteiger partial charge in [0, 0.05) is 27.2 Å². The second-order valence-electron chi connectivity index (χ2n) is 8.28. The molecule has 1 fully saturated rings. The number of hydrogen-bond acceptors (Lipinski definition) is 6. The van der Waals surface area contributed by atoms with E-state index in [1.54, 1.807) is 14.0 Å². The Balaban J connectivity index is 1.44. The maximum Gasteiger partial charge on any atom is 0.332 e. The van der Waals surface area contributed by atoms with E-state index in [1.807, 2.05) is 11.0 Å². The Morgan fingerprint density at radius 1 is 1.06 bits per heavy atom. The molecule has 1 amide bonds. The van der Waals surface area contributed by atoms with Gasteiger partial charge in [-0.25, -0.2) is 14.8 Å². The van der Waals surface area contributed by atoms with Gasteiger partial charge in [0.05, 0.1) is 5.75 Å². The zero-order chi connectivity index (χ0) is 22.8. The van der Waals surface area contributed by atoms with Crippen molar-refractivity contribution >= 4 is 28.7 Å². The fraction of sp³-hybridized carbons (Fsp3) is 0.435. The summed E-state index contributed by atoms with van der Waals surface area (Å²) in [4.78, 5) is 48.4. The molecule has 0 radical (unpaired) electrons. The van der Waals surface area contributed by atoms with Crippen LogP contribution >= 0.6 is 11.8 Å². The quantitative estimate of drug-likeness (QED) is 0.433. The predicted molar refractivity (Wildman–Crippen MR) is 125 cm³/mol. The number of aryl methyl sites for hydroxylation is 2. The molecule has 1 aliphatic heterocycles. The first-order valence-corrected chi connectivity index (χ1v) is 11.7. The minimum Gasteiger partial charge on any atom is -0.342 e. The molecule has 4 rings (SSSR count). The van der Waals surface area contributed by atoms with Gasteiger partial charge < -0.3 is 4.90 Å². The Morgan fingerprint density at radius 3 is 2.44 bits per heavy atom. The molecule has 0 atom stereocenters. The molecule has 2 aromatic heterocycles. The molecule has 0 saturated carbocycles. The second kappa shape index (κ2) is 9.28. The molecule has 168 valence electrons. The number of fused-ring (bicyclic) bond motifs is 1. The van der Waals surface area contributed by atoms with Crippen LogP contribution in [0.25, 0.3) is 11.0 Å². The van der Waals surface area contributed by atoms with Crippen LogP contribution in [0.4, 0.5) is 0 Å². The lowest BCUT2D eigenvalue weighted by Crippen LogP contribution is -2.40. The molecule has 0 unspecified atom stereocenters. The maximum absolute atomic E-state index is 12.9. The lowest BCUT2D eigenvalue weighted by molar-refractivity contribution is -0.129. The van der Waals surface area contributed by atoms with E-state index in [0.717, 1.165) is 36.9 Å². The van der Waals surface area contributed by atoms with Crippen LogP contribution in [0.15, 0.2) is 44.9 Å². The summed E-state index contributed by atoms with van der Waals surface area (Å²) < 4.78 is 2.39. The van der Waals surface area contributed by atoms with Gasteiger partial charge in [-0.2, -0.15) is 0 Å².